The van der Waals surface area contributed by atoms with Gasteiger partial charge in [0, 0.05) is 0 Å². The van der Waals surface area contributed by atoms with Crippen molar-refractivity contribution >= 4 is 22.8 Å². The Kier molecular flexibility index (Phi) is 3.70. The fraction of sp³-hybridized carbons (Fsp3) is 0.111. The van der Waals surface area contributed by atoms with Gasteiger partial charge in [0.05, 0.1) is 0 Å². The van der Waals surface area contributed by atoms with Crippen molar-refractivity contribution in [3.05, 3.63) is 76.6 Å². The van der Waals surface area contributed by atoms with Gasteiger partial charge in [0.2, 0.25) is 0 Å². The fourth-order valence-electron chi connectivity index (χ4n) is 2.43. The van der Waals surface area contributed by atoms with E-state index in [-0.39, 0.29) is 5.82 Å². The normalized spacial score (nSPS) is 16.8. The summed E-state index contributed by atoms with van der Waals surface area (Å²) in [5, 5.41) is 0. The van der Waals surface area contributed by atoms with Crippen LogP contribution in [0.4, 0.5) is 4.39 Å². The van der Waals surface area contributed by atoms with Crippen LogP contribution in [0.15, 0.2) is 52.9 Å². The molecule has 0 aromatic heterocycles. The summed E-state index contributed by atoms with van der Waals surface area (Å²) in [7, 11) is 0. The molecule has 0 saturated heterocycles. The molecular formula is C18H14FOS. The highest BCUT2D eigenvalue weighted by Crippen LogP contribution is 2.35. The summed E-state index contributed by atoms with van der Waals surface area (Å²) >= 11 is -0.967. The van der Waals surface area contributed by atoms with Crippen LogP contribution in [0, 0.1) is 11.9 Å². The van der Waals surface area contributed by atoms with E-state index in [1.54, 1.807) is 12.3 Å². The third-order valence-corrected chi connectivity index (χ3v) is 4.46. The van der Waals surface area contributed by atoms with E-state index in [9.17, 15) is 8.94 Å². The average Bonchev–Trinajstić information content (AvgIpc) is 2.75. The van der Waals surface area contributed by atoms with E-state index in [0.717, 1.165) is 32.7 Å². The van der Waals surface area contributed by atoms with E-state index in [2.05, 4.69) is 12.2 Å². The van der Waals surface area contributed by atoms with Crippen molar-refractivity contribution < 1.29 is 8.94 Å². The van der Waals surface area contributed by atoms with Gasteiger partial charge in [0.25, 0.3) is 0 Å². The second kappa shape index (κ2) is 5.51. The summed E-state index contributed by atoms with van der Waals surface area (Å²) in [5.74, 6) is -0.245. The smallest absolute Gasteiger partial charge is 0.152 e. The van der Waals surface area contributed by atoms with E-state index in [4.69, 9.17) is 0 Å². The summed E-state index contributed by atoms with van der Waals surface area (Å²) in [5.41, 5.74) is 4.87. The Balaban J connectivity index is 1.99. The van der Waals surface area contributed by atoms with Crippen molar-refractivity contribution in [1.29, 1.82) is 0 Å². The molecule has 1 aliphatic carbocycles. The van der Waals surface area contributed by atoms with E-state index in [1.807, 2.05) is 31.2 Å². The van der Waals surface area contributed by atoms with Gasteiger partial charge in [-0.05, 0) is 94.5 Å². The molecular weight excluding hydrogens is 283 g/mol. The van der Waals surface area contributed by atoms with Gasteiger partial charge in [-0.25, -0.2) is 4.39 Å². The molecule has 1 radical (unpaired) electrons. The Hall–Kier alpha value is -1.84. The highest BCUT2D eigenvalue weighted by molar-refractivity contribution is 7.90. The lowest BCUT2D eigenvalue weighted by Gasteiger charge is -2.06. The van der Waals surface area contributed by atoms with Crippen LogP contribution in [0.2, 0.25) is 0 Å². The van der Waals surface area contributed by atoms with E-state index < -0.39 is 11.2 Å². The van der Waals surface area contributed by atoms with Crippen molar-refractivity contribution in [2.45, 2.75) is 11.8 Å². The Morgan fingerprint density at radius 3 is 2.52 bits per heavy atom. The zero-order valence-corrected chi connectivity index (χ0v) is 12.6. The molecule has 0 fully saturated rings. The predicted molar refractivity (Wildman–Crippen MR) is 84.6 cm³/mol. The number of benzene rings is 2. The molecule has 21 heavy (non-hydrogen) atoms. The lowest BCUT2D eigenvalue weighted by molar-refractivity contribution is 0.601. The maximum Gasteiger partial charge on any atom is 0.152 e. The molecule has 0 bridgehead atoms. The summed E-state index contributed by atoms with van der Waals surface area (Å²) in [6, 6.07) is 12.4. The first-order chi connectivity index (χ1) is 10.0. The summed E-state index contributed by atoms with van der Waals surface area (Å²) in [4.78, 5) is 0.810. The van der Waals surface area contributed by atoms with Crippen molar-refractivity contribution in [1.82, 2.24) is 0 Å². The third kappa shape index (κ3) is 2.80. The quantitative estimate of drug-likeness (QED) is 0.761. The highest BCUT2D eigenvalue weighted by atomic mass is 32.2. The topological polar surface area (TPSA) is 23.1 Å². The van der Waals surface area contributed by atoms with Gasteiger partial charge in [-0.1, -0.05) is 6.07 Å². The minimum atomic E-state index is -0.967. The predicted octanol–water partition coefficient (Wildman–Crippen LogP) is 4.21. The van der Waals surface area contributed by atoms with Crippen molar-refractivity contribution in [3.63, 3.8) is 0 Å². The molecule has 0 saturated carbocycles. The molecule has 0 N–H and O–H groups in total. The summed E-state index contributed by atoms with van der Waals surface area (Å²) in [6.45, 7) is 1.97. The Morgan fingerprint density at radius 1 is 1.14 bits per heavy atom. The molecule has 0 aliphatic heterocycles. The molecule has 2 aromatic rings. The molecule has 0 amide bonds. The molecule has 0 heterocycles. The van der Waals surface area contributed by atoms with Crippen LogP contribution < -0.4 is 0 Å². The molecule has 105 valence electrons. The number of halogens is 1. The minimum Gasteiger partial charge on any atom is -0.612 e. The summed E-state index contributed by atoms with van der Waals surface area (Å²) < 4.78 is 24.7. The molecule has 1 unspecified atom stereocenters. The van der Waals surface area contributed by atoms with Gasteiger partial charge >= 0.3 is 0 Å². The zero-order valence-electron chi connectivity index (χ0n) is 11.8. The first-order valence-electron chi connectivity index (χ1n) is 6.60. The highest BCUT2D eigenvalue weighted by Gasteiger charge is 2.16. The second-order valence-corrected chi connectivity index (χ2v) is 6.40. The van der Waals surface area contributed by atoms with Crippen LogP contribution in [-0.2, 0) is 11.2 Å². The van der Waals surface area contributed by atoms with Crippen LogP contribution in [0.1, 0.15) is 23.6 Å². The second-order valence-electron chi connectivity index (χ2n) is 5.02. The Morgan fingerprint density at radius 2 is 1.86 bits per heavy atom. The summed E-state index contributed by atoms with van der Waals surface area (Å²) in [6.07, 6.45) is 6.91. The number of fused-ring (bicyclic) bond motifs is 1. The molecule has 0 spiro atoms. The monoisotopic (exact) mass is 297 g/mol. The van der Waals surface area contributed by atoms with Gasteiger partial charge in [0.1, 0.15) is 12.1 Å². The van der Waals surface area contributed by atoms with E-state index in [1.165, 1.54) is 12.1 Å². The van der Waals surface area contributed by atoms with E-state index in [0.29, 0.717) is 0 Å². The van der Waals surface area contributed by atoms with Gasteiger partial charge < -0.3 is 4.55 Å². The van der Waals surface area contributed by atoms with Gasteiger partial charge in [-0.15, -0.1) is 0 Å². The van der Waals surface area contributed by atoms with Crippen molar-refractivity contribution in [2.75, 3.05) is 6.26 Å². The third-order valence-electron chi connectivity index (χ3n) is 3.52. The SMILES string of the molecule is CC1=[C]c2cc(F)ccc2/C1=C\c1ccc([S+](C)[O-])cc1. The first kappa shape index (κ1) is 14.1. The number of rotatable bonds is 2. The Labute approximate surface area is 127 Å². The molecule has 1 aliphatic rings. The van der Waals surface area contributed by atoms with Crippen LogP contribution in [0.25, 0.3) is 11.6 Å². The number of hydrogen-bond acceptors (Lipinski definition) is 1. The number of hydrogen-bond donors (Lipinski definition) is 0. The molecule has 1 nitrogen and oxygen atoms in total. The zero-order chi connectivity index (χ0) is 15.0. The lowest BCUT2D eigenvalue weighted by atomic mass is 10.0. The molecule has 3 heteroatoms. The van der Waals surface area contributed by atoms with E-state index >= 15 is 0 Å². The van der Waals surface area contributed by atoms with Crippen LogP contribution in [0.5, 0.6) is 0 Å². The van der Waals surface area contributed by atoms with Crippen molar-refractivity contribution in [3.8, 4) is 0 Å². The van der Waals surface area contributed by atoms with Gasteiger partial charge in [0.15, 0.2) is 4.90 Å². The molecule has 3 rings (SSSR count). The van der Waals surface area contributed by atoms with Crippen molar-refractivity contribution in [2.24, 2.45) is 0 Å². The molecule has 1 atom stereocenters. The fourth-order valence-corrected chi connectivity index (χ4v) is 2.95. The van der Waals surface area contributed by atoms with Crippen LogP contribution >= 0.6 is 0 Å². The maximum absolute atomic E-state index is 13.3. The Bertz CT molecular complexity index is 742. The minimum absolute atomic E-state index is 0.245. The largest absolute Gasteiger partial charge is 0.612 e. The average molecular weight is 297 g/mol. The van der Waals surface area contributed by atoms with Crippen LogP contribution in [-0.4, -0.2) is 10.8 Å². The molecule has 2 aromatic carbocycles. The maximum atomic E-state index is 13.3. The standard InChI is InChI=1S/C18H14FOS/c1-12-9-14-11-15(19)5-8-17(14)18(12)10-13-3-6-16(7-4-13)21(2)20/h3-8,10-11H,1-2H3/b18-10-. The van der Waals surface area contributed by atoms with Gasteiger partial charge in [-0.2, -0.15) is 0 Å². The number of allylic oxidation sites excluding steroid dienone is 2. The van der Waals surface area contributed by atoms with Crippen LogP contribution in [0.3, 0.4) is 0 Å². The van der Waals surface area contributed by atoms with Gasteiger partial charge in [-0.3, -0.25) is 0 Å². The lowest BCUT2D eigenvalue weighted by Crippen LogP contribution is -1.96. The first-order valence-corrected chi connectivity index (χ1v) is 8.16.